The van der Waals surface area contributed by atoms with Crippen molar-refractivity contribution in [1.29, 1.82) is 10.5 Å². The smallest absolute Gasteiger partial charge is 0.207 e. The molecule has 1 aliphatic carbocycles. The zero-order valence-electron chi connectivity index (χ0n) is 11.1. The number of hydrogen-bond donors (Lipinski definition) is 1. The van der Waals surface area contributed by atoms with Gasteiger partial charge in [-0.15, -0.1) is 0 Å². The summed E-state index contributed by atoms with van der Waals surface area (Å²) in [6.45, 7) is 1.66. The normalized spacial score (nSPS) is 22.1. The summed E-state index contributed by atoms with van der Waals surface area (Å²) < 4.78 is 27.4. The monoisotopic (exact) mass is 289 g/mol. The van der Waals surface area contributed by atoms with Gasteiger partial charge in [-0.2, -0.15) is 10.5 Å². The molecular weight excluding hydrogens is 274 g/mol. The van der Waals surface area contributed by atoms with Crippen LogP contribution < -0.4 is 4.72 Å². The van der Waals surface area contributed by atoms with E-state index in [1.54, 1.807) is 13.0 Å². The maximum absolute atomic E-state index is 12.4. The van der Waals surface area contributed by atoms with E-state index < -0.39 is 10.0 Å². The van der Waals surface area contributed by atoms with Crippen LogP contribution in [0, 0.1) is 35.5 Å². The van der Waals surface area contributed by atoms with E-state index in [4.69, 9.17) is 10.5 Å². The molecule has 0 amide bonds. The minimum absolute atomic E-state index is 0.167. The highest BCUT2D eigenvalue weighted by atomic mass is 32.2. The molecule has 2 unspecified atom stereocenters. The van der Waals surface area contributed by atoms with Crippen molar-refractivity contribution in [3.63, 3.8) is 0 Å². The summed E-state index contributed by atoms with van der Waals surface area (Å²) in [5.74, 6) is -0.261. The summed E-state index contributed by atoms with van der Waals surface area (Å²) in [7, 11) is -3.65. The molecule has 1 fully saturated rings. The van der Waals surface area contributed by atoms with Crippen LogP contribution >= 0.6 is 0 Å². The van der Waals surface area contributed by atoms with Crippen LogP contribution in [-0.2, 0) is 10.0 Å². The van der Waals surface area contributed by atoms with Gasteiger partial charge in [0.15, 0.2) is 0 Å². The first kappa shape index (κ1) is 14.5. The fourth-order valence-electron chi connectivity index (χ4n) is 2.54. The third-order valence-electron chi connectivity index (χ3n) is 3.58. The second kappa shape index (κ2) is 5.62. The van der Waals surface area contributed by atoms with Crippen LogP contribution in [0.4, 0.5) is 0 Å². The first-order valence-electron chi connectivity index (χ1n) is 6.40. The van der Waals surface area contributed by atoms with Crippen LogP contribution in [-0.4, -0.2) is 14.5 Å². The van der Waals surface area contributed by atoms with Gasteiger partial charge in [0, 0.05) is 6.04 Å². The molecule has 1 aliphatic rings. The number of aryl methyl sites for hydroxylation is 1. The van der Waals surface area contributed by atoms with Crippen molar-refractivity contribution in [2.24, 2.45) is 5.92 Å². The van der Waals surface area contributed by atoms with Gasteiger partial charge in [0.2, 0.25) is 10.0 Å². The SMILES string of the molecule is Cc1cc(C#N)ccc1S(=O)(=O)NC1CCCC1C#N. The van der Waals surface area contributed by atoms with Gasteiger partial charge >= 0.3 is 0 Å². The first-order valence-corrected chi connectivity index (χ1v) is 7.89. The number of benzene rings is 1. The summed E-state index contributed by atoms with van der Waals surface area (Å²) >= 11 is 0. The lowest BCUT2D eigenvalue weighted by Gasteiger charge is -2.16. The van der Waals surface area contributed by atoms with Crippen LogP contribution in [0.1, 0.15) is 30.4 Å². The van der Waals surface area contributed by atoms with Gasteiger partial charge in [-0.3, -0.25) is 0 Å². The number of nitriles is 2. The molecule has 1 aromatic rings. The highest BCUT2D eigenvalue weighted by Crippen LogP contribution is 2.27. The van der Waals surface area contributed by atoms with E-state index in [1.807, 2.05) is 6.07 Å². The van der Waals surface area contributed by atoms with E-state index in [1.165, 1.54) is 12.1 Å². The second-order valence-electron chi connectivity index (χ2n) is 4.99. The molecule has 0 radical (unpaired) electrons. The number of nitrogens with one attached hydrogen (secondary N) is 1. The van der Waals surface area contributed by atoms with Gasteiger partial charge < -0.3 is 0 Å². The van der Waals surface area contributed by atoms with Crippen LogP contribution in [0.15, 0.2) is 23.1 Å². The molecule has 20 heavy (non-hydrogen) atoms. The molecule has 0 aliphatic heterocycles. The van der Waals surface area contributed by atoms with E-state index in [2.05, 4.69) is 10.8 Å². The Kier molecular flexibility index (Phi) is 4.08. The number of hydrogen-bond acceptors (Lipinski definition) is 4. The highest BCUT2D eigenvalue weighted by Gasteiger charge is 2.31. The Morgan fingerprint density at radius 1 is 1.30 bits per heavy atom. The predicted octanol–water partition coefficient (Wildman–Crippen LogP) is 1.84. The lowest BCUT2D eigenvalue weighted by atomic mass is 10.1. The third kappa shape index (κ3) is 2.82. The summed E-state index contributed by atoms with van der Waals surface area (Å²) in [6.07, 6.45) is 2.28. The molecule has 104 valence electrons. The maximum Gasteiger partial charge on any atom is 0.241 e. The molecule has 6 heteroatoms. The lowest BCUT2D eigenvalue weighted by molar-refractivity contribution is 0.515. The Morgan fingerprint density at radius 2 is 2.05 bits per heavy atom. The molecule has 1 aromatic carbocycles. The van der Waals surface area contributed by atoms with Crippen molar-refractivity contribution < 1.29 is 8.42 Å². The Balaban J connectivity index is 2.28. The molecule has 0 saturated heterocycles. The van der Waals surface area contributed by atoms with Gasteiger partial charge in [0.05, 0.1) is 28.5 Å². The van der Waals surface area contributed by atoms with Crippen molar-refractivity contribution >= 4 is 10.0 Å². The van der Waals surface area contributed by atoms with Gasteiger partial charge in [-0.05, 0) is 43.5 Å². The fourth-order valence-corrected chi connectivity index (χ4v) is 4.08. The summed E-state index contributed by atoms with van der Waals surface area (Å²) in [5.41, 5.74) is 0.959. The van der Waals surface area contributed by atoms with E-state index in [0.29, 0.717) is 17.5 Å². The highest BCUT2D eigenvalue weighted by molar-refractivity contribution is 7.89. The molecule has 2 rings (SSSR count). The molecular formula is C14H15N3O2S. The van der Waals surface area contributed by atoms with Crippen LogP contribution in [0.5, 0.6) is 0 Å². The van der Waals surface area contributed by atoms with Crippen LogP contribution in [0.3, 0.4) is 0 Å². The van der Waals surface area contributed by atoms with Crippen LogP contribution in [0.25, 0.3) is 0 Å². The van der Waals surface area contributed by atoms with Crippen LogP contribution in [0.2, 0.25) is 0 Å². The van der Waals surface area contributed by atoms with Crippen molar-refractivity contribution in [3.05, 3.63) is 29.3 Å². The Morgan fingerprint density at radius 3 is 2.65 bits per heavy atom. The molecule has 1 saturated carbocycles. The fraction of sp³-hybridized carbons (Fsp3) is 0.429. The van der Waals surface area contributed by atoms with E-state index in [9.17, 15) is 8.42 Å². The summed E-state index contributed by atoms with van der Waals surface area (Å²) in [6, 6.07) is 8.28. The average molecular weight is 289 g/mol. The van der Waals surface area contributed by atoms with Crippen molar-refractivity contribution in [1.82, 2.24) is 4.72 Å². The molecule has 2 atom stereocenters. The topological polar surface area (TPSA) is 93.8 Å². The number of nitrogens with zero attached hydrogens (tertiary/aromatic N) is 2. The zero-order chi connectivity index (χ0) is 14.8. The molecule has 0 spiro atoms. The number of sulfonamides is 1. The minimum atomic E-state index is -3.65. The van der Waals surface area contributed by atoms with Crippen molar-refractivity contribution in [2.75, 3.05) is 0 Å². The molecule has 1 N–H and O–H groups in total. The summed E-state index contributed by atoms with van der Waals surface area (Å²) in [5, 5.41) is 17.8. The standard InChI is InChI=1S/C14H15N3O2S/c1-10-7-11(8-15)5-6-14(10)20(18,19)17-13-4-2-3-12(13)9-16/h5-7,12-13,17H,2-4H2,1H3. The van der Waals surface area contributed by atoms with Gasteiger partial charge in [0.1, 0.15) is 0 Å². The quantitative estimate of drug-likeness (QED) is 0.918. The van der Waals surface area contributed by atoms with Crippen molar-refractivity contribution in [2.45, 2.75) is 37.1 Å². The minimum Gasteiger partial charge on any atom is -0.207 e. The van der Waals surface area contributed by atoms with Crippen molar-refractivity contribution in [3.8, 4) is 12.1 Å². The Bertz CT molecular complexity index is 698. The summed E-state index contributed by atoms with van der Waals surface area (Å²) in [4.78, 5) is 0.167. The predicted molar refractivity (Wildman–Crippen MR) is 73.0 cm³/mol. The average Bonchev–Trinajstić information content (AvgIpc) is 2.84. The molecule has 0 bridgehead atoms. The maximum atomic E-state index is 12.4. The van der Waals surface area contributed by atoms with Gasteiger partial charge in [0.25, 0.3) is 0 Å². The largest absolute Gasteiger partial charge is 0.241 e. The third-order valence-corrected chi connectivity index (χ3v) is 5.23. The van der Waals surface area contributed by atoms with E-state index in [0.717, 1.165) is 12.8 Å². The molecule has 5 nitrogen and oxygen atoms in total. The second-order valence-corrected chi connectivity index (χ2v) is 6.67. The number of rotatable bonds is 3. The zero-order valence-corrected chi connectivity index (χ0v) is 11.9. The molecule has 0 aromatic heterocycles. The van der Waals surface area contributed by atoms with E-state index in [-0.39, 0.29) is 16.9 Å². The first-order chi connectivity index (χ1) is 9.47. The van der Waals surface area contributed by atoms with Gasteiger partial charge in [-0.1, -0.05) is 6.42 Å². The Hall–Kier alpha value is -1.89. The lowest BCUT2D eigenvalue weighted by Crippen LogP contribution is -2.37. The van der Waals surface area contributed by atoms with E-state index >= 15 is 0 Å². The Labute approximate surface area is 118 Å². The van der Waals surface area contributed by atoms with Gasteiger partial charge in [-0.25, -0.2) is 13.1 Å². The molecule has 0 heterocycles.